The average molecular weight is 409 g/mol. The van der Waals surface area contributed by atoms with Crippen LogP contribution in [0.15, 0.2) is 47.9 Å². The molecule has 10 nitrogen and oxygen atoms in total. The standard InChI is InChI=1S/C18H15N7O3S/c19-25-15(10-3-6-20-7-4-10)23-24-18(25)29-8-5-14(26)21-11-1-2-12-13(9-11)17(28)22-16(12)27/h1-4,6-7,9H,5,8,19H2,(H,21,26)(H,22,27,28). The van der Waals surface area contributed by atoms with E-state index in [1.165, 1.54) is 28.6 Å². The molecule has 11 heteroatoms. The molecule has 1 aliphatic heterocycles. The van der Waals surface area contributed by atoms with Crippen molar-refractivity contribution in [3.05, 3.63) is 53.9 Å². The second-order valence-corrected chi connectivity index (χ2v) is 7.16. The topological polar surface area (TPSA) is 145 Å². The summed E-state index contributed by atoms with van der Waals surface area (Å²) >= 11 is 1.30. The zero-order valence-corrected chi connectivity index (χ0v) is 15.8. The van der Waals surface area contributed by atoms with Gasteiger partial charge in [0.05, 0.1) is 11.1 Å². The molecule has 0 saturated heterocycles. The molecule has 1 aliphatic rings. The fraction of sp³-hybridized carbons (Fsp3) is 0.111. The second-order valence-electron chi connectivity index (χ2n) is 6.10. The zero-order valence-electron chi connectivity index (χ0n) is 15.0. The van der Waals surface area contributed by atoms with Crippen LogP contribution in [0.5, 0.6) is 0 Å². The number of benzene rings is 1. The molecule has 146 valence electrons. The van der Waals surface area contributed by atoms with E-state index in [0.29, 0.717) is 28.0 Å². The number of nitrogens with two attached hydrogens (primary N) is 1. The number of amides is 3. The first-order valence-corrected chi connectivity index (χ1v) is 9.55. The smallest absolute Gasteiger partial charge is 0.259 e. The van der Waals surface area contributed by atoms with Crippen molar-refractivity contribution in [3.8, 4) is 11.4 Å². The van der Waals surface area contributed by atoms with Crippen LogP contribution in [0.2, 0.25) is 0 Å². The first-order valence-electron chi connectivity index (χ1n) is 8.56. The van der Waals surface area contributed by atoms with Crippen LogP contribution in [-0.4, -0.2) is 43.3 Å². The van der Waals surface area contributed by atoms with Crippen LogP contribution in [0, 0.1) is 0 Å². The quantitative estimate of drug-likeness (QED) is 0.311. The Labute approximate surface area is 168 Å². The average Bonchev–Trinajstić information content (AvgIpc) is 3.22. The molecule has 0 radical (unpaired) electrons. The first kappa shape index (κ1) is 18.6. The fourth-order valence-electron chi connectivity index (χ4n) is 2.78. The molecule has 3 amide bonds. The van der Waals surface area contributed by atoms with Gasteiger partial charge in [-0.2, -0.15) is 0 Å². The lowest BCUT2D eigenvalue weighted by Crippen LogP contribution is -2.19. The monoisotopic (exact) mass is 409 g/mol. The number of carbonyl (C=O) groups excluding carboxylic acids is 3. The molecule has 4 rings (SSSR count). The molecule has 0 bridgehead atoms. The Hall–Kier alpha value is -3.73. The van der Waals surface area contributed by atoms with Crippen LogP contribution in [0.3, 0.4) is 0 Å². The number of aromatic nitrogens is 4. The van der Waals surface area contributed by atoms with E-state index >= 15 is 0 Å². The molecule has 0 aliphatic carbocycles. The molecule has 0 spiro atoms. The fourth-order valence-corrected chi connectivity index (χ4v) is 3.57. The number of anilines is 1. The van der Waals surface area contributed by atoms with Crippen molar-refractivity contribution in [2.75, 3.05) is 16.9 Å². The molecule has 0 fully saturated rings. The number of hydrogen-bond donors (Lipinski definition) is 3. The third kappa shape index (κ3) is 3.80. The second kappa shape index (κ2) is 7.72. The summed E-state index contributed by atoms with van der Waals surface area (Å²) < 4.78 is 1.37. The number of fused-ring (bicyclic) bond motifs is 1. The summed E-state index contributed by atoms with van der Waals surface area (Å²) in [4.78, 5) is 39.4. The van der Waals surface area contributed by atoms with Gasteiger partial charge in [0.15, 0.2) is 5.82 Å². The highest BCUT2D eigenvalue weighted by Gasteiger charge is 2.26. The number of nitrogens with zero attached hydrogens (tertiary/aromatic N) is 4. The number of thioether (sulfide) groups is 1. The third-order valence-electron chi connectivity index (χ3n) is 4.18. The Bertz CT molecular complexity index is 1110. The van der Waals surface area contributed by atoms with E-state index < -0.39 is 11.8 Å². The number of carbonyl (C=O) groups is 3. The van der Waals surface area contributed by atoms with Gasteiger partial charge in [0.1, 0.15) is 0 Å². The van der Waals surface area contributed by atoms with E-state index in [1.54, 1.807) is 30.6 Å². The van der Waals surface area contributed by atoms with E-state index in [9.17, 15) is 14.4 Å². The summed E-state index contributed by atoms with van der Waals surface area (Å²) in [7, 11) is 0. The Kier molecular flexibility index (Phi) is 4.96. The summed E-state index contributed by atoms with van der Waals surface area (Å²) in [6.45, 7) is 0. The minimum atomic E-state index is -0.469. The molecule has 29 heavy (non-hydrogen) atoms. The molecule has 4 N–H and O–H groups in total. The van der Waals surface area contributed by atoms with Gasteiger partial charge in [0, 0.05) is 35.8 Å². The number of imide groups is 1. The highest BCUT2D eigenvalue weighted by molar-refractivity contribution is 7.99. The van der Waals surface area contributed by atoms with Gasteiger partial charge in [-0.05, 0) is 30.3 Å². The van der Waals surface area contributed by atoms with Crippen molar-refractivity contribution >= 4 is 35.2 Å². The van der Waals surface area contributed by atoms with Gasteiger partial charge in [-0.1, -0.05) is 11.8 Å². The van der Waals surface area contributed by atoms with Crippen molar-refractivity contribution in [1.82, 2.24) is 25.2 Å². The van der Waals surface area contributed by atoms with Gasteiger partial charge in [-0.25, -0.2) is 4.68 Å². The van der Waals surface area contributed by atoms with E-state index in [1.807, 2.05) is 0 Å². The third-order valence-corrected chi connectivity index (χ3v) is 5.13. The van der Waals surface area contributed by atoms with Crippen LogP contribution in [0.1, 0.15) is 27.1 Å². The molecular formula is C18H15N7O3S. The van der Waals surface area contributed by atoms with Crippen LogP contribution in [0.4, 0.5) is 5.69 Å². The predicted molar refractivity (Wildman–Crippen MR) is 106 cm³/mol. The van der Waals surface area contributed by atoms with E-state index in [4.69, 9.17) is 5.84 Å². The number of rotatable bonds is 6. The summed E-state index contributed by atoms with van der Waals surface area (Å²) in [5.41, 5.74) is 1.79. The molecule has 0 unspecified atom stereocenters. The molecular weight excluding hydrogens is 394 g/mol. The highest BCUT2D eigenvalue weighted by Crippen LogP contribution is 2.23. The van der Waals surface area contributed by atoms with Crippen molar-refractivity contribution in [1.29, 1.82) is 0 Å². The molecule has 2 aromatic heterocycles. The molecule has 0 saturated carbocycles. The van der Waals surface area contributed by atoms with E-state index in [-0.39, 0.29) is 17.9 Å². The van der Waals surface area contributed by atoms with Gasteiger partial charge in [0.25, 0.3) is 11.8 Å². The van der Waals surface area contributed by atoms with Crippen LogP contribution < -0.4 is 16.5 Å². The molecule has 0 atom stereocenters. The Balaban J connectivity index is 1.33. The minimum Gasteiger partial charge on any atom is -0.335 e. The lowest BCUT2D eigenvalue weighted by Gasteiger charge is -2.06. The number of nitrogens with one attached hydrogen (secondary N) is 2. The molecule has 3 heterocycles. The Morgan fingerprint density at radius 3 is 2.66 bits per heavy atom. The van der Waals surface area contributed by atoms with Crippen LogP contribution >= 0.6 is 11.8 Å². The largest absolute Gasteiger partial charge is 0.335 e. The van der Waals surface area contributed by atoms with Gasteiger partial charge < -0.3 is 11.2 Å². The summed E-state index contributed by atoms with van der Waals surface area (Å²) in [6.07, 6.45) is 3.48. The zero-order chi connectivity index (χ0) is 20.4. The maximum atomic E-state index is 12.2. The number of nitrogen functional groups attached to an aromatic ring is 1. The lowest BCUT2D eigenvalue weighted by molar-refractivity contribution is -0.115. The summed E-state index contributed by atoms with van der Waals surface area (Å²) in [5, 5.41) is 13.5. The Morgan fingerprint density at radius 1 is 1.10 bits per heavy atom. The normalized spacial score (nSPS) is 12.6. The predicted octanol–water partition coefficient (Wildman–Crippen LogP) is 1.06. The number of hydrogen-bond acceptors (Lipinski definition) is 8. The number of pyridine rings is 1. The summed E-state index contributed by atoms with van der Waals surface area (Å²) in [6, 6.07) is 8.13. The van der Waals surface area contributed by atoms with Gasteiger partial charge >= 0.3 is 0 Å². The lowest BCUT2D eigenvalue weighted by atomic mass is 10.1. The molecule has 1 aromatic carbocycles. The molecule has 3 aromatic rings. The maximum Gasteiger partial charge on any atom is 0.259 e. The van der Waals surface area contributed by atoms with E-state index in [2.05, 4.69) is 25.8 Å². The maximum absolute atomic E-state index is 12.2. The Morgan fingerprint density at radius 2 is 1.86 bits per heavy atom. The minimum absolute atomic E-state index is 0.199. The SMILES string of the molecule is Nn1c(SCCC(=O)Nc2ccc3c(c2)C(=O)NC3=O)nnc1-c1ccncc1. The summed E-state index contributed by atoms with van der Waals surface area (Å²) in [5.74, 6) is 5.83. The van der Waals surface area contributed by atoms with Crippen LogP contribution in [-0.2, 0) is 4.79 Å². The van der Waals surface area contributed by atoms with Crippen molar-refractivity contribution < 1.29 is 14.4 Å². The first-order chi connectivity index (χ1) is 14.0. The van der Waals surface area contributed by atoms with E-state index in [0.717, 1.165) is 5.56 Å². The van der Waals surface area contributed by atoms with Gasteiger partial charge in [-0.3, -0.25) is 24.7 Å². The highest BCUT2D eigenvalue weighted by atomic mass is 32.2. The van der Waals surface area contributed by atoms with Gasteiger partial charge in [-0.15, -0.1) is 10.2 Å². The van der Waals surface area contributed by atoms with Crippen molar-refractivity contribution in [2.45, 2.75) is 11.6 Å². The van der Waals surface area contributed by atoms with Crippen molar-refractivity contribution in [3.63, 3.8) is 0 Å². The van der Waals surface area contributed by atoms with Gasteiger partial charge in [0.2, 0.25) is 11.1 Å². The van der Waals surface area contributed by atoms with Crippen LogP contribution in [0.25, 0.3) is 11.4 Å². The van der Waals surface area contributed by atoms with Crippen molar-refractivity contribution in [2.24, 2.45) is 0 Å².